The van der Waals surface area contributed by atoms with Gasteiger partial charge in [-0.05, 0) is 109 Å². The van der Waals surface area contributed by atoms with Gasteiger partial charge in [-0.3, -0.25) is 19.2 Å². The Kier molecular flexibility index (Phi) is 13.8. The molecule has 4 heterocycles. The van der Waals surface area contributed by atoms with E-state index in [1.165, 1.54) is 23.9 Å². The molecule has 8 rings (SSSR count). The van der Waals surface area contributed by atoms with Gasteiger partial charge in [0, 0.05) is 133 Å². The van der Waals surface area contributed by atoms with Gasteiger partial charge in [0.15, 0.2) is 0 Å². The second kappa shape index (κ2) is 19.7. The van der Waals surface area contributed by atoms with E-state index in [1.807, 2.05) is 72.7 Å². The smallest absolute Gasteiger partial charge is 0.244 e. The number of hydrogen-bond donors (Lipinski definition) is 2. The molecule has 2 aliphatic rings. The summed E-state index contributed by atoms with van der Waals surface area (Å²) >= 11 is 16.3. The van der Waals surface area contributed by atoms with Crippen molar-refractivity contribution in [2.24, 2.45) is 14.1 Å². The number of nitrogens with zero attached hydrogens (tertiary/aromatic N) is 4. The van der Waals surface area contributed by atoms with Crippen molar-refractivity contribution in [1.82, 2.24) is 29.6 Å². The average Bonchev–Trinajstić information content (AvgIpc) is 4.08. The van der Waals surface area contributed by atoms with Gasteiger partial charge >= 0.3 is 0 Å². The number of rotatable bonds is 16. The lowest BCUT2D eigenvalue weighted by molar-refractivity contribution is -0.128. The van der Waals surface area contributed by atoms with Crippen LogP contribution < -0.4 is 10.6 Å². The van der Waals surface area contributed by atoms with Crippen LogP contribution in [-0.4, -0.2) is 81.8 Å². The molecule has 0 saturated carbocycles. The molecule has 13 heteroatoms. The fraction of sp³-hybridized carbons (Fsp3) is 0.280. The zero-order valence-corrected chi connectivity index (χ0v) is 37.8. The quantitative estimate of drug-likeness (QED) is 0.0743. The summed E-state index contributed by atoms with van der Waals surface area (Å²) in [7, 11) is 4.02. The van der Waals surface area contributed by atoms with E-state index < -0.39 is 0 Å². The normalized spacial score (nSPS) is 14.4. The Hall–Kier alpha value is -5.75. The van der Waals surface area contributed by atoms with E-state index in [9.17, 15) is 19.2 Å². The standard InChI is InChI=1S/C50H50Cl2N6O4S/c1-55-29-21-35-31-37(9-15-39(35)55)47-33(13-19-43(59)53-23-5-27-57-25-3-7-45(57)61)11-17-41(49(47)51)63-42-18-12-34(14-20-44(60)54-24-6-28-58-26-4-8-46(58)62)48(50(42)52)38-10-16-40-36(32-38)22-30-56(40)2/h9-22,29-32H,3-8,23-28H2,1-2H3,(H,53,59)(H,54,60)/b19-13+,20-14+. The van der Waals surface area contributed by atoms with Crippen LogP contribution >= 0.6 is 35.0 Å². The fourth-order valence-electron chi connectivity index (χ4n) is 8.45. The Morgan fingerprint density at radius 2 is 1.08 bits per heavy atom. The van der Waals surface area contributed by atoms with E-state index >= 15 is 0 Å². The first-order chi connectivity index (χ1) is 30.5. The minimum absolute atomic E-state index is 0.181. The highest BCUT2D eigenvalue weighted by Crippen LogP contribution is 2.47. The van der Waals surface area contributed by atoms with E-state index in [-0.39, 0.29) is 23.6 Å². The molecule has 0 atom stereocenters. The SMILES string of the molecule is Cn1ccc2cc(-c3c(/C=C/C(=O)NCCCN4CCCC4=O)ccc(Sc4ccc(/C=C/C(=O)NCCCN5CCCC5=O)c(-c5ccc6c(ccn6C)c5)c4Cl)c3Cl)ccc21. The van der Waals surface area contributed by atoms with Gasteiger partial charge < -0.3 is 29.6 Å². The van der Waals surface area contributed by atoms with Gasteiger partial charge in [0.25, 0.3) is 0 Å². The number of nitrogens with one attached hydrogen (secondary N) is 2. The van der Waals surface area contributed by atoms with Gasteiger partial charge in [0.2, 0.25) is 23.6 Å². The van der Waals surface area contributed by atoms with Crippen molar-refractivity contribution in [3.05, 3.63) is 119 Å². The molecule has 2 aromatic heterocycles. The topological polar surface area (TPSA) is 109 Å². The van der Waals surface area contributed by atoms with Crippen LogP contribution in [0.1, 0.15) is 49.7 Å². The molecule has 0 bridgehead atoms. The molecule has 0 spiro atoms. The zero-order valence-electron chi connectivity index (χ0n) is 35.5. The third-order valence-corrected chi connectivity index (χ3v) is 14.0. The summed E-state index contributed by atoms with van der Waals surface area (Å²) in [5.41, 5.74) is 7.11. The van der Waals surface area contributed by atoms with Crippen molar-refractivity contribution in [3.63, 3.8) is 0 Å². The number of aromatic nitrogens is 2. The Balaban J connectivity index is 1.07. The van der Waals surface area contributed by atoms with Crippen molar-refractivity contribution in [2.75, 3.05) is 39.3 Å². The van der Waals surface area contributed by atoms with Gasteiger partial charge in [0.05, 0.1) is 10.0 Å². The lowest BCUT2D eigenvalue weighted by atomic mass is 9.98. The first-order valence-corrected chi connectivity index (χ1v) is 23.0. The largest absolute Gasteiger partial charge is 0.352 e. The second-order valence-corrected chi connectivity index (χ2v) is 18.0. The van der Waals surface area contributed by atoms with Crippen LogP contribution in [0.3, 0.4) is 0 Å². The monoisotopic (exact) mass is 900 g/mol. The van der Waals surface area contributed by atoms with Crippen LogP contribution in [0.25, 0.3) is 56.2 Å². The molecule has 2 saturated heterocycles. The van der Waals surface area contributed by atoms with E-state index in [2.05, 4.69) is 56.2 Å². The number of likely N-dealkylation sites (tertiary alicyclic amines) is 2. The average molecular weight is 902 g/mol. The van der Waals surface area contributed by atoms with E-state index in [0.717, 1.165) is 90.9 Å². The molecule has 0 radical (unpaired) electrons. The summed E-state index contributed by atoms with van der Waals surface area (Å²) in [6.45, 7) is 3.77. The Labute approximate surface area is 381 Å². The van der Waals surface area contributed by atoms with Crippen LogP contribution in [-0.2, 0) is 33.3 Å². The number of halogens is 2. The highest BCUT2D eigenvalue weighted by molar-refractivity contribution is 7.99. The van der Waals surface area contributed by atoms with Crippen molar-refractivity contribution in [2.45, 2.75) is 48.3 Å². The van der Waals surface area contributed by atoms with Crippen LogP contribution in [0.5, 0.6) is 0 Å². The van der Waals surface area contributed by atoms with Gasteiger partial charge in [-0.25, -0.2) is 0 Å². The molecule has 0 aliphatic carbocycles. The minimum atomic E-state index is -0.225. The molecule has 4 amide bonds. The third-order valence-electron chi connectivity index (χ3n) is 11.8. The molecule has 2 N–H and O–H groups in total. The Morgan fingerprint density at radius 1 is 0.635 bits per heavy atom. The zero-order chi connectivity index (χ0) is 44.0. The molecular weight excluding hydrogens is 852 g/mol. The predicted octanol–water partition coefficient (Wildman–Crippen LogP) is 9.75. The highest BCUT2D eigenvalue weighted by atomic mass is 35.5. The van der Waals surface area contributed by atoms with Crippen molar-refractivity contribution in [1.29, 1.82) is 0 Å². The molecule has 6 aromatic rings. The predicted molar refractivity (Wildman–Crippen MR) is 256 cm³/mol. The Bertz CT molecular complexity index is 2600. The van der Waals surface area contributed by atoms with Gasteiger partial charge in [-0.2, -0.15) is 0 Å². The van der Waals surface area contributed by atoms with Crippen LogP contribution in [0.15, 0.2) is 107 Å². The first kappa shape index (κ1) is 43.9. The lowest BCUT2D eigenvalue weighted by Gasteiger charge is -2.17. The molecule has 324 valence electrons. The molecular formula is C50H50Cl2N6O4S. The van der Waals surface area contributed by atoms with Crippen LogP contribution in [0.2, 0.25) is 10.0 Å². The van der Waals surface area contributed by atoms with E-state index in [4.69, 9.17) is 23.2 Å². The number of amides is 4. The summed E-state index contributed by atoms with van der Waals surface area (Å²) < 4.78 is 4.14. The van der Waals surface area contributed by atoms with Crippen molar-refractivity contribution in [3.8, 4) is 22.3 Å². The van der Waals surface area contributed by atoms with Crippen LogP contribution in [0, 0.1) is 0 Å². The minimum Gasteiger partial charge on any atom is -0.352 e. The molecule has 2 fully saturated rings. The number of aryl methyl sites for hydroxylation is 2. The molecule has 10 nitrogen and oxygen atoms in total. The summed E-state index contributed by atoms with van der Waals surface area (Å²) in [5, 5.41) is 9.08. The van der Waals surface area contributed by atoms with Crippen molar-refractivity contribution >= 4 is 92.6 Å². The Morgan fingerprint density at radius 3 is 1.49 bits per heavy atom. The second-order valence-electron chi connectivity index (χ2n) is 16.1. The van der Waals surface area contributed by atoms with Gasteiger partial charge in [-0.15, -0.1) is 0 Å². The maximum Gasteiger partial charge on any atom is 0.244 e. The van der Waals surface area contributed by atoms with Gasteiger partial charge in [0.1, 0.15) is 0 Å². The maximum atomic E-state index is 13.0. The lowest BCUT2D eigenvalue weighted by Crippen LogP contribution is -2.29. The summed E-state index contributed by atoms with van der Waals surface area (Å²) in [6.07, 6.45) is 15.1. The van der Waals surface area contributed by atoms with Gasteiger partial charge in [-0.1, -0.05) is 59.2 Å². The fourth-order valence-corrected chi connectivity index (χ4v) is 10.1. The number of hydrogen-bond acceptors (Lipinski definition) is 5. The summed E-state index contributed by atoms with van der Waals surface area (Å²) in [5.74, 6) is -0.0895. The third kappa shape index (κ3) is 10.1. The molecule has 63 heavy (non-hydrogen) atoms. The summed E-state index contributed by atoms with van der Waals surface area (Å²) in [4.78, 5) is 55.2. The number of fused-ring (bicyclic) bond motifs is 2. The summed E-state index contributed by atoms with van der Waals surface area (Å²) in [6, 6.07) is 24.4. The number of carbonyl (C=O) groups excluding carboxylic acids is 4. The van der Waals surface area contributed by atoms with E-state index in [0.29, 0.717) is 61.9 Å². The number of carbonyl (C=O) groups is 4. The highest BCUT2D eigenvalue weighted by Gasteiger charge is 2.22. The first-order valence-electron chi connectivity index (χ1n) is 21.4. The molecule has 4 aromatic carbocycles. The maximum absolute atomic E-state index is 13.0. The van der Waals surface area contributed by atoms with Crippen molar-refractivity contribution < 1.29 is 19.2 Å². The van der Waals surface area contributed by atoms with E-state index in [1.54, 1.807) is 12.2 Å². The molecule has 0 unspecified atom stereocenters. The number of benzene rings is 4. The van der Waals surface area contributed by atoms with Crippen LogP contribution in [0.4, 0.5) is 0 Å². The molecule has 2 aliphatic heterocycles.